The third kappa shape index (κ3) is 9.53. The van der Waals surface area contributed by atoms with E-state index in [0.717, 1.165) is 22.6 Å². The van der Waals surface area contributed by atoms with E-state index in [1.807, 2.05) is 13.0 Å². The normalized spacial score (nSPS) is 19.7. The summed E-state index contributed by atoms with van der Waals surface area (Å²) in [6.45, 7) is 12.6. The van der Waals surface area contributed by atoms with Crippen molar-refractivity contribution in [2.45, 2.75) is 84.0 Å². The van der Waals surface area contributed by atoms with Gasteiger partial charge in [-0.25, -0.2) is 4.39 Å². The maximum atomic E-state index is 14.6. The Hall–Kier alpha value is -5.24. The highest BCUT2D eigenvalue weighted by atomic mass is 32.1. The summed E-state index contributed by atoms with van der Waals surface area (Å²) in [5.41, 5.74) is -0.787. The lowest BCUT2D eigenvalue weighted by Gasteiger charge is -2.47. The Balaban J connectivity index is 1.04. The third-order valence-electron chi connectivity index (χ3n) is 11.5. The molecule has 60 heavy (non-hydrogen) atoms. The number of rotatable bonds is 13. The van der Waals surface area contributed by atoms with Gasteiger partial charge in [-0.15, -0.1) is 0 Å². The van der Waals surface area contributed by atoms with E-state index in [4.69, 9.17) is 17.0 Å². The molecule has 3 fully saturated rings. The van der Waals surface area contributed by atoms with Crippen molar-refractivity contribution in [3.8, 4) is 11.8 Å². The number of hydrogen-bond acceptors (Lipinski definition) is 9. The molecule has 0 radical (unpaired) electrons. The average Bonchev–Trinajstić information content (AvgIpc) is 3.34. The highest BCUT2D eigenvalue weighted by Crippen LogP contribution is 2.40. The number of aryl methyl sites for hydroxylation is 1. The van der Waals surface area contributed by atoms with Gasteiger partial charge in [0.15, 0.2) is 10.9 Å². The minimum atomic E-state index is -4.80. The Morgan fingerprint density at radius 1 is 1.00 bits per heavy atom. The lowest BCUT2D eigenvalue weighted by atomic mass is 9.90. The van der Waals surface area contributed by atoms with Crippen LogP contribution in [-0.2, 0) is 44.6 Å². The first kappa shape index (κ1) is 44.3. The van der Waals surface area contributed by atoms with Gasteiger partial charge in [0.25, 0.3) is 5.91 Å². The molecule has 0 bridgehead atoms. The molecule has 0 saturated carbocycles. The number of thiocarbonyl (C=S) groups is 1. The van der Waals surface area contributed by atoms with Crippen LogP contribution in [-0.4, -0.2) is 88.8 Å². The van der Waals surface area contributed by atoms with Crippen LogP contribution in [0.4, 0.5) is 28.9 Å². The molecule has 3 saturated heterocycles. The minimum absolute atomic E-state index is 0.00661. The number of amides is 3. The molecule has 3 aliphatic rings. The van der Waals surface area contributed by atoms with Gasteiger partial charge in [-0.1, -0.05) is 13.0 Å². The van der Waals surface area contributed by atoms with Gasteiger partial charge in [-0.3, -0.25) is 39.2 Å². The molecular weight excluding hydrogens is 801 g/mol. The second-order valence-corrected chi connectivity index (χ2v) is 17.1. The number of imide groups is 1. The fourth-order valence-electron chi connectivity index (χ4n) is 8.29. The van der Waals surface area contributed by atoms with E-state index in [2.05, 4.69) is 29.0 Å². The zero-order valence-electron chi connectivity index (χ0n) is 34.2. The number of ketones is 1. The summed E-state index contributed by atoms with van der Waals surface area (Å²) in [6, 6.07) is 14.6. The summed E-state index contributed by atoms with van der Waals surface area (Å²) in [4.78, 5) is 57.9. The number of alkyl halides is 3. The van der Waals surface area contributed by atoms with Crippen molar-refractivity contribution in [3.63, 3.8) is 0 Å². The van der Waals surface area contributed by atoms with Crippen molar-refractivity contribution in [2.24, 2.45) is 5.92 Å². The van der Waals surface area contributed by atoms with Gasteiger partial charge in [-0.05, 0) is 124 Å². The Bertz CT molecular complexity index is 2260. The number of anilines is 2. The molecule has 0 aromatic heterocycles. The second-order valence-electron chi connectivity index (χ2n) is 16.7. The van der Waals surface area contributed by atoms with E-state index in [-0.39, 0.29) is 59.7 Å². The summed E-state index contributed by atoms with van der Waals surface area (Å²) in [5.74, 6) is -1.48. The first-order valence-electron chi connectivity index (χ1n) is 19.9. The van der Waals surface area contributed by atoms with E-state index < -0.39 is 40.5 Å². The molecule has 3 heterocycles. The van der Waals surface area contributed by atoms with E-state index >= 15 is 0 Å². The monoisotopic (exact) mass is 848 g/mol. The standard InChI is InChI=1S/C44H48F4N6O5S/c1-6-29-22-34(54-41(60)53(40(58)43(54,4)5)33-9-7-31(24-49)36(23-33)44(46,47)48)10-11-37(29)59-16-15-51-13-14-52(42(2,3)26-51)25-35(55)21-28-17-27(19-32(45)20-28)18-30-8-12-38(56)50-39(30)57/h7,9-11,17,19-20,22-23,30H,6,8,12-16,18,21,25-26H2,1-5H3,(H,50,56,57). The SMILES string of the molecule is CCc1cc(N2C(=S)N(c3ccc(C#N)c(C(F)(F)F)c3)C(=O)C2(C)C)ccc1OCCN1CCN(CC(=O)Cc2cc(F)cc(CC3CCC(=O)NC3=O)c2)C(C)(C)C1. The summed E-state index contributed by atoms with van der Waals surface area (Å²) < 4.78 is 62.2. The topological polar surface area (TPSA) is 126 Å². The maximum absolute atomic E-state index is 14.6. The van der Waals surface area contributed by atoms with Crippen molar-refractivity contribution in [1.82, 2.24) is 15.1 Å². The van der Waals surface area contributed by atoms with Gasteiger partial charge < -0.3 is 9.64 Å². The summed E-state index contributed by atoms with van der Waals surface area (Å²) in [6.07, 6.45) is -3.23. The lowest BCUT2D eigenvalue weighted by molar-refractivity contribution is -0.138. The molecule has 3 aromatic carbocycles. The molecular formula is C44H48F4N6O5S. The molecule has 318 valence electrons. The molecule has 16 heteroatoms. The number of nitrogens with zero attached hydrogens (tertiary/aromatic N) is 5. The number of ether oxygens (including phenoxy) is 1. The highest BCUT2D eigenvalue weighted by Gasteiger charge is 2.51. The van der Waals surface area contributed by atoms with Crippen molar-refractivity contribution in [1.29, 1.82) is 5.26 Å². The van der Waals surface area contributed by atoms with Gasteiger partial charge in [0.1, 0.15) is 23.7 Å². The summed E-state index contributed by atoms with van der Waals surface area (Å²) in [7, 11) is 0. The van der Waals surface area contributed by atoms with Crippen LogP contribution in [0, 0.1) is 23.1 Å². The van der Waals surface area contributed by atoms with Crippen LogP contribution >= 0.6 is 12.2 Å². The van der Waals surface area contributed by atoms with Crippen LogP contribution in [0.3, 0.4) is 0 Å². The number of nitriles is 1. The number of piperidine rings is 1. The summed E-state index contributed by atoms with van der Waals surface area (Å²) >= 11 is 5.72. The fraction of sp³-hybridized carbons (Fsp3) is 0.455. The van der Waals surface area contributed by atoms with E-state index in [9.17, 15) is 42.0 Å². The number of Topliss-reactive ketones (excluding diaryl/α,β-unsaturated/α-hetero) is 1. The van der Waals surface area contributed by atoms with E-state index in [1.165, 1.54) is 18.2 Å². The number of carbonyl (C=O) groups excluding carboxylic acids is 4. The zero-order chi connectivity index (χ0) is 43.7. The Morgan fingerprint density at radius 3 is 2.38 bits per heavy atom. The molecule has 0 spiro atoms. The number of benzene rings is 3. The second kappa shape index (κ2) is 17.4. The number of piperazine rings is 1. The van der Waals surface area contributed by atoms with Crippen molar-refractivity contribution in [3.05, 3.63) is 88.2 Å². The van der Waals surface area contributed by atoms with Gasteiger partial charge in [-0.2, -0.15) is 18.4 Å². The van der Waals surface area contributed by atoms with E-state index in [0.29, 0.717) is 68.2 Å². The zero-order valence-corrected chi connectivity index (χ0v) is 35.1. The van der Waals surface area contributed by atoms with Gasteiger partial charge in [0.05, 0.1) is 29.4 Å². The predicted molar refractivity (Wildman–Crippen MR) is 221 cm³/mol. The van der Waals surface area contributed by atoms with Crippen molar-refractivity contribution in [2.75, 3.05) is 49.1 Å². The van der Waals surface area contributed by atoms with Gasteiger partial charge in [0, 0.05) is 56.2 Å². The van der Waals surface area contributed by atoms with Crippen molar-refractivity contribution < 1.29 is 41.5 Å². The molecule has 6 rings (SSSR count). The smallest absolute Gasteiger partial charge is 0.417 e. The molecule has 11 nitrogen and oxygen atoms in total. The molecule has 1 atom stereocenters. The molecule has 0 aliphatic carbocycles. The van der Waals surface area contributed by atoms with Crippen LogP contribution in [0.5, 0.6) is 5.75 Å². The van der Waals surface area contributed by atoms with Crippen molar-refractivity contribution >= 4 is 52.2 Å². The van der Waals surface area contributed by atoms with Crippen LogP contribution in [0.25, 0.3) is 0 Å². The quantitative estimate of drug-likeness (QED) is 0.118. The van der Waals surface area contributed by atoms with Gasteiger partial charge in [0.2, 0.25) is 11.8 Å². The average molecular weight is 849 g/mol. The Labute approximate surface area is 352 Å². The number of hydrogen-bond donors (Lipinski definition) is 1. The summed E-state index contributed by atoms with van der Waals surface area (Å²) in [5, 5.41) is 11.6. The molecule has 1 unspecified atom stereocenters. The van der Waals surface area contributed by atoms with Crippen LogP contribution in [0.2, 0.25) is 0 Å². The van der Waals surface area contributed by atoms with Crippen LogP contribution < -0.4 is 19.9 Å². The Morgan fingerprint density at radius 2 is 1.72 bits per heavy atom. The van der Waals surface area contributed by atoms with Crippen LogP contribution in [0.1, 0.15) is 75.3 Å². The lowest BCUT2D eigenvalue weighted by Crippen LogP contribution is -2.60. The predicted octanol–water partition coefficient (Wildman–Crippen LogP) is 6.38. The first-order valence-corrected chi connectivity index (χ1v) is 20.3. The molecule has 3 aliphatic heterocycles. The largest absolute Gasteiger partial charge is 0.492 e. The van der Waals surface area contributed by atoms with E-state index in [1.54, 1.807) is 43.0 Å². The maximum Gasteiger partial charge on any atom is 0.417 e. The molecule has 3 aromatic rings. The molecule has 3 amide bonds. The third-order valence-corrected chi connectivity index (χ3v) is 11.8. The fourth-order valence-corrected chi connectivity index (χ4v) is 8.81. The number of halogens is 4. The minimum Gasteiger partial charge on any atom is -0.492 e. The Kier molecular flexibility index (Phi) is 12.8. The molecule has 1 N–H and O–H groups in total. The van der Waals surface area contributed by atoms with Crippen LogP contribution in [0.15, 0.2) is 54.6 Å². The highest BCUT2D eigenvalue weighted by molar-refractivity contribution is 7.81. The number of nitrogens with one attached hydrogen (secondary N) is 1. The first-order chi connectivity index (χ1) is 28.2. The number of carbonyl (C=O) groups is 4. The van der Waals surface area contributed by atoms with Gasteiger partial charge >= 0.3 is 6.18 Å².